The lowest BCUT2D eigenvalue weighted by atomic mass is 10.0. The summed E-state index contributed by atoms with van der Waals surface area (Å²) < 4.78 is 0. The fraction of sp³-hybridized carbons (Fsp3) is 0.589. The minimum absolute atomic E-state index is 0.00624. The van der Waals surface area contributed by atoms with E-state index in [0.29, 0.717) is 24.1 Å². The van der Waals surface area contributed by atoms with Crippen molar-refractivity contribution in [3.05, 3.63) is 66.3 Å². The molecule has 0 aliphatic heterocycles. The van der Waals surface area contributed by atoms with Gasteiger partial charge in [-0.15, -0.1) is 0 Å². The van der Waals surface area contributed by atoms with E-state index in [1.54, 1.807) is 12.1 Å². The molecule has 0 bridgehead atoms. The van der Waals surface area contributed by atoms with Crippen molar-refractivity contribution in [2.45, 2.75) is 221 Å². The Bertz CT molecular complexity index is 3910. The molecule has 2 aromatic heterocycles. The highest BCUT2D eigenvalue weighted by Crippen LogP contribution is 2.16. The first-order chi connectivity index (χ1) is 57.4. The molecule has 672 valence electrons. The lowest BCUT2D eigenvalue weighted by Gasteiger charge is -2.28. The molecule has 1 aromatic carbocycles. The van der Waals surface area contributed by atoms with E-state index in [0.717, 1.165) is 0 Å². The van der Waals surface area contributed by atoms with Gasteiger partial charge in [0.05, 0.1) is 43.0 Å². The summed E-state index contributed by atoms with van der Waals surface area (Å²) in [4.78, 5) is 234. The maximum Gasteiger partial charge on any atom is 0.326 e. The van der Waals surface area contributed by atoms with Crippen LogP contribution in [0.5, 0.6) is 5.75 Å². The number of aliphatic imine (C=N–C) groups is 3. The zero-order chi connectivity index (χ0) is 90.1. The zero-order valence-corrected chi connectivity index (χ0v) is 68.0. The number of imidazole rings is 2. The number of nitrogens with one attached hydrogen (secondary N) is 14. The molecule has 0 fully saturated rings. The first-order valence-electron chi connectivity index (χ1n) is 39.5. The largest absolute Gasteiger partial charge is 0.508 e. The number of phenolic OH excluding ortho intramolecular Hbond substituents is 1. The molecular weight excluding hydrogens is 1580 g/mol. The molecule has 121 heavy (non-hydrogen) atoms. The lowest BCUT2D eigenvalue weighted by Crippen LogP contribution is -2.61. The number of phenols is 1. The average molecular weight is 1710 g/mol. The van der Waals surface area contributed by atoms with Gasteiger partial charge in [-0.3, -0.25) is 82.1 Å². The number of carboxylic acid groups (broad SMARTS) is 2. The van der Waals surface area contributed by atoms with Crippen molar-refractivity contribution in [1.82, 2.24) is 83.7 Å². The summed E-state index contributed by atoms with van der Waals surface area (Å²) >= 11 is 0. The second-order valence-electron chi connectivity index (χ2n) is 28.8. The number of hydrogen-bond acceptors (Lipinski definition) is 25. The highest BCUT2D eigenvalue weighted by molar-refractivity contribution is 6.00. The summed E-state index contributed by atoms with van der Waals surface area (Å²) in [6.45, 7) is 2.12. The molecule has 48 nitrogen and oxygen atoms in total. The van der Waals surface area contributed by atoms with E-state index in [-0.39, 0.29) is 171 Å². The summed E-state index contributed by atoms with van der Waals surface area (Å²) in [6.07, 6.45) is 3.55. The van der Waals surface area contributed by atoms with E-state index >= 15 is 0 Å². The third-order valence-electron chi connectivity index (χ3n) is 18.4. The quantitative estimate of drug-likeness (QED) is 0.0142. The van der Waals surface area contributed by atoms with Gasteiger partial charge in [-0.25, -0.2) is 14.8 Å². The highest BCUT2D eigenvalue weighted by Gasteiger charge is 2.38. The van der Waals surface area contributed by atoms with Crippen LogP contribution in [0, 0.1) is 5.92 Å². The molecule has 3 aromatic rings. The van der Waals surface area contributed by atoms with Crippen molar-refractivity contribution in [3.8, 4) is 5.75 Å². The number of nitrogens with zero attached hydrogens (tertiary/aromatic N) is 5. The fourth-order valence-corrected chi connectivity index (χ4v) is 11.9. The third-order valence-corrected chi connectivity index (χ3v) is 18.4. The van der Waals surface area contributed by atoms with Crippen LogP contribution < -0.4 is 127 Å². The van der Waals surface area contributed by atoms with Gasteiger partial charge >= 0.3 is 11.9 Å². The summed E-state index contributed by atoms with van der Waals surface area (Å²) in [5, 5.41) is 59.2. The van der Waals surface area contributed by atoms with Crippen LogP contribution in [0.2, 0.25) is 0 Å². The smallest absolute Gasteiger partial charge is 0.326 e. The zero-order valence-electron chi connectivity index (χ0n) is 68.0. The normalized spacial score (nSPS) is 14.0. The highest BCUT2D eigenvalue weighted by atomic mass is 16.4. The minimum Gasteiger partial charge on any atom is -0.508 e. The van der Waals surface area contributed by atoms with Crippen LogP contribution in [0.15, 0.2) is 64.3 Å². The Hall–Kier alpha value is -12.9. The number of aliphatic carboxylic acids is 2. The van der Waals surface area contributed by atoms with Crippen molar-refractivity contribution >= 4 is 107 Å². The Morgan fingerprint density at radius 2 is 0.736 bits per heavy atom. The topological polar surface area (TPSA) is 842 Å². The van der Waals surface area contributed by atoms with Crippen molar-refractivity contribution in [2.75, 3.05) is 45.8 Å². The van der Waals surface area contributed by atoms with Crippen molar-refractivity contribution in [3.63, 3.8) is 0 Å². The van der Waals surface area contributed by atoms with Crippen LogP contribution >= 0.6 is 0 Å². The molecule has 0 saturated heterocycles. The van der Waals surface area contributed by atoms with Gasteiger partial charge in [0.15, 0.2) is 17.9 Å². The fourth-order valence-electron chi connectivity index (χ4n) is 11.9. The first-order valence-corrected chi connectivity index (χ1v) is 39.5. The maximum absolute atomic E-state index is 14.9. The second kappa shape index (κ2) is 55.8. The number of carbonyl (C=O) groups excluding carboxylic acids is 13. The van der Waals surface area contributed by atoms with Gasteiger partial charge < -0.3 is 152 Å². The van der Waals surface area contributed by atoms with E-state index in [1.807, 2.05) is 0 Å². The molecule has 3 rings (SSSR count). The van der Waals surface area contributed by atoms with Crippen molar-refractivity contribution < 1.29 is 87.2 Å². The Morgan fingerprint density at radius 3 is 1.06 bits per heavy atom. The molecular formula is C73H122N30O18. The third kappa shape index (κ3) is 41.4. The van der Waals surface area contributed by atoms with Crippen LogP contribution in [0.4, 0.5) is 0 Å². The predicted molar refractivity (Wildman–Crippen MR) is 440 cm³/mol. The average Bonchev–Trinajstić information content (AvgIpc) is 1.77. The molecule has 12 atom stereocenters. The van der Waals surface area contributed by atoms with Crippen molar-refractivity contribution in [2.24, 2.45) is 84.0 Å². The molecule has 0 aliphatic rings. The van der Waals surface area contributed by atoms with Gasteiger partial charge in [-0.1, -0.05) is 26.0 Å². The molecule has 39 N–H and O–H groups in total. The Balaban J connectivity index is 2.04. The van der Waals surface area contributed by atoms with Gasteiger partial charge in [-0.2, -0.15) is 0 Å². The van der Waals surface area contributed by atoms with Gasteiger partial charge in [0.1, 0.15) is 72.2 Å². The molecule has 0 aliphatic carbocycles. The molecule has 0 radical (unpaired) electrons. The molecule has 0 spiro atoms. The van der Waals surface area contributed by atoms with E-state index in [4.69, 9.17) is 63.1 Å². The van der Waals surface area contributed by atoms with Crippen LogP contribution in [0.1, 0.15) is 146 Å². The molecule has 13 amide bonds. The number of guanidine groups is 3. The van der Waals surface area contributed by atoms with E-state index < -0.39 is 193 Å². The Morgan fingerprint density at radius 1 is 0.405 bits per heavy atom. The van der Waals surface area contributed by atoms with Crippen molar-refractivity contribution in [1.29, 1.82) is 0 Å². The minimum atomic E-state index is -1.83. The predicted octanol–water partition coefficient (Wildman–Crippen LogP) is -9.33. The van der Waals surface area contributed by atoms with Gasteiger partial charge in [0.2, 0.25) is 76.8 Å². The second-order valence-corrected chi connectivity index (χ2v) is 28.8. The number of hydrogen-bond donors (Lipinski definition) is 28. The summed E-state index contributed by atoms with van der Waals surface area (Å²) in [5.41, 5.74) is 64.3. The molecule has 0 saturated carbocycles. The molecule has 2 heterocycles. The standard InChI is InChI=1S/C73H122N30O18/c1-39(2)58(70(120)121)103-69(119)54(33-57(107)108)93-56(106)36-90-60(110)45(15-9-27-87-71(79)80)94-66(116)51(22-23-55(78)105)100-63(113)47(13-4-7-25-75)96-65(115)49(16-10-28-88-72(81)82)97-61(111)46(12-3-6-24-74)95-64(114)50(17-11-29-89-73(83)84)98-62(112)48(14-5-8-26-76)99-67(117)53(32-42-35-86-38-92-42)102-68(118)52(31-41-34-85-37-91-41)101-59(109)44(77)30-40-18-20-43(104)21-19-40/h18-21,34-35,37-39,44-54,58,104H,3-17,22-33,36,74-77H2,1-2H3,(H2,78,105)(H,85,91)(H,86,92)(H,90,110)(H,93,106)(H,94,116)(H,95,114)(H,96,115)(H,97,111)(H,98,112)(H,99,117)(H,100,113)(H,101,109)(H,102,118)(H,103,119)(H,107,108)(H,120,121)(H4,79,80,87)(H4,81,82,88)(H4,83,84,89)/t44-,45-,46-,47-,48-,49-,50-,51-,52-,53-,54-,58-/m0/s1. The number of primary amides is 1. The number of aromatic nitrogens is 4. The van der Waals surface area contributed by atoms with E-state index in [2.05, 4.69) is 98.7 Å². The van der Waals surface area contributed by atoms with E-state index in [9.17, 15) is 87.2 Å². The monoisotopic (exact) mass is 1710 g/mol. The molecule has 0 unspecified atom stereocenters. The van der Waals surface area contributed by atoms with Crippen LogP contribution in [-0.4, -0.2) is 260 Å². The SMILES string of the molecule is CC(C)[C@H](NC(=O)[C@H](CC(=O)O)NC(=O)CNC(=O)[C@H](CCCN=C(N)N)NC(=O)[C@H](CCC(N)=O)NC(=O)[C@H](CCCCN)NC(=O)[C@H](CCCN=C(N)N)NC(=O)[C@H](CCCCN)NC(=O)[C@H](CCCN=C(N)N)NC(=O)[C@H](CCCCN)NC(=O)[C@H](Cc1c[nH]cn1)NC(=O)[C@H](Cc1c[nH]cn1)NC(=O)[C@@H](N)Cc1ccc(O)cc1)C(=O)O. The summed E-state index contributed by atoms with van der Waals surface area (Å²) in [7, 11) is 0. The van der Waals surface area contributed by atoms with Gasteiger partial charge in [0, 0.05) is 51.3 Å². The maximum atomic E-state index is 14.9. The number of carbonyl (C=O) groups is 15. The van der Waals surface area contributed by atoms with Crippen LogP contribution in [0.25, 0.3) is 0 Å². The lowest BCUT2D eigenvalue weighted by molar-refractivity contribution is -0.144. The first kappa shape index (κ1) is 102. The number of carboxylic acids is 2. The molecule has 48 heteroatoms. The number of nitrogens with two attached hydrogens (primary N) is 11. The number of aromatic hydroxyl groups is 1. The van der Waals surface area contributed by atoms with Crippen LogP contribution in [-0.2, 0) is 91.2 Å². The summed E-state index contributed by atoms with van der Waals surface area (Å²) in [5.74, 6) is -17.5. The number of rotatable bonds is 61. The van der Waals surface area contributed by atoms with Gasteiger partial charge in [0.25, 0.3) is 0 Å². The Labute approximate surface area is 697 Å². The number of H-pyrrole nitrogens is 2. The number of aromatic amines is 2. The van der Waals surface area contributed by atoms with E-state index in [1.165, 1.54) is 51.0 Å². The number of amides is 13. The Kier molecular flexibility index (Phi) is 47.1. The number of benzene rings is 1. The number of unbranched alkanes of at least 4 members (excludes halogenated alkanes) is 3. The van der Waals surface area contributed by atoms with Gasteiger partial charge in [-0.05, 0) is 152 Å². The van der Waals surface area contributed by atoms with Crippen LogP contribution in [0.3, 0.4) is 0 Å². The summed E-state index contributed by atoms with van der Waals surface area (Å²) in [6, 6.07) is -12.4.